The molecule has 4 nitrogen and oxygen atoms in total. The van der Waals surface area contributed by atoms with Gasteiger partial charge in [-0.15, -0.1) is 0 Å². The minimum absolute atomic E-state index is 0.122. The molecule has 0 aliphatic rings. The van der Waals surface area contributed by atoms with Crippen molar-refractivity contribution in [2.75, 3.05) is 11.5 Å². The first-order valence-electron chi connectivity index (χ1n) is 2.17. The van der Waals surface area contributed by atoms with Gasteiger partial charge < -0.3 is 5.73 Å². The van der Waals surface area contributed by atoms with Crippen molar-refractivity contribution in [2.45, 2.75) is 0 Å². The van der Waals surface area contributed by atoms with Crippen LogP contribution in [0.1, 0.15) is 0 Å². The molecular weight excluding hydrogens is 140 g/mol. The zero-order chi connectivity index (χ0) is 7.28. The highest BCUT2D eigenvalue weighted by Gasteiger charge is 2.01. The topological polar surface area (TPSA) is 83.9 Å². The molecule has 1 atom stereocenters. The van der Waals surface area contributed by atoms with Crippen molar-refractivity contribution >= 4 is 16.7 Å². The zero-order valence-electron chi connectivity index (χ0n) is 4.66. The van der Waals surface area contributed by atoms with Crippen molar-refractivity contribution in [3.05, 3.63) is 0 Å². The van der Waals surface area contributed by atoms with E-state index in [1.54, 1.807) is 6.07 Å². The van der Waals surface area contributed by atoms with Gasteiger partial charge in [-0.25, -0.2) is 0 Å². The summed E-state index contributed by atoms with van der Waals surface area (Å²) in [6, 6.07) is 1.66. The summed E-state index contributed by atoms with van der Waals surface area (Å²) in [5.74, 6) is -0.972. The number of carbonyl (C=O) groups is 1. The van der Waals surface area contributed by atoms with Gasteiger partial charge in [-0.1, -0.05) is 0 Å². The number of hydrogen-bond acceptors (Lipinski definition) is 3. The van der Waals surface area contributed by atoms with Crippen molar-refractivity contribution in [3.63, 3.8) is 0 Å². The van der Waals surface area contributed by atoms with Gasteiger partial charge in [-0.05, 0) is 0 Å². The molecule has 2 N–H and O–H groups in total. The van der Waals surface area contributed by atoms with Gasteiger partial charge in [0.05, 0.1) is 6.07 Å². The molecule has 50 valence electrons. The van der Waals surface area contributed by atoms with Crippen LogP contribution in [-0.4, -0.2) is 21.6 Å². The van der Waals surface area contributed by atoms with Gasteiger partial charge in [-0.2, -0.15) is 5.26 Å². The maximum absolute atomic E-state index is 10.4. The summed E-state index contributed by atoms with van der Waals surface area (Å²) in [7, 11) is -1.39. The number of rotatable bonds is 3. The Morgan fingerprint density at radius 2 is 2.33 bits per heavy atom. The second kappa shape index (κ2) is 4.04. The second-order valence-corrected chi connectivity index (χ2v) is 2.81. The number of nitriles is 1. The number of hydrogen-bond donors (Lipinski definition) is 1. The van der Waals surface area contributed by atoms with Crippen LogP contribution < -0.4 is 5.73 Å². The normalized spacial score (nSPS) is 11.9. The maximum atomic E-state index is 10.4. The number of amides is 1. The second-order valence-electron chi connectivity index (χ2n) is 1.35. The Hall–Kier alpha value is -0.890. The lowest BCUT2D eigenvalue weighted by Gasteiger charge is -1.88. The van der Waals surface area contributed by atoms with Gasteiger partial charge in [0.1, 0.15) is 11.5 Å². The third kappa shape index (κ3) is 4.97. The molecule has 0 saturated heterocycles. The third-order valence-corrected chi connectivity index (χ3v) is 1.59. The predicted octanol–water partition coefficient (Wildman–Crippen LogP) is -1.26. The Morgan fingerprint density at radius 3 is 2.67 bits per heavy atom. The largest absolute Gasteiger partial charge is 0.369 e. The summed E-state index contributed by atoms with van der Waals surface area (Å²) in [4.78, 5) is 10.0. The Kier molecular flexibility index (Phi) is 3.64. The zero-order valence-corrected chi connectivity index (χ0v) is 5.48. The minimum Gasteiger partial charge on any atom is -0.369 e. The van der Waals surface area contributed by atoms with Crippen LogP contribution >= 0.6 is 0 Å². The highest BCUT2D eigenvalue weighted by atomic mass is 32.2. The minimum atomic E-state index is -1.39. The maximum Gasteiger partial charge on any atom is 0.230 e. The number of nitrogens with two attached hydrogens (primary N) is 1. The van der Waals surface area contributed by atoms with Crippen LogP contribution in [-0.2, 0) is 15.6 Å². The van der Waals surface area contributed by atoms with E-state index in [1.807, 2.05) is 0 Å². The Balaban J connectivity index is 3.54. The van der Waals surface area contributed by atoms with E-state index >= 15 is 0 Å². The number of nitrogens with zero attached hydrogens (tertiary/aromatic N) is 1. The fourth-order valence-corrected chi connectivity index (χ4v) is 0.845. The Morgan fingerprint density at radius 1 is 1.78 bits per heavy atom. The summed E-state index contributed by atoms with van der Waals surface area (Å²) >= 11 is 0. The van der Waals surface area contributed by atoms with Crippen molar-refractivity contribution in [1.82, 2.24) is 0 Å². The molecule has 0 aromatic heterocycles. The SMILES string of the molecule is N#CC[S@](=O)CC(N)=O. The fraction of sp³-hybridized carbons (Fsp3) is 0.500. The first kappa shape index (κ1) is 8.11. The third-order valence-electron chi connectivity index (χ3n) is 0.529. The van der Waals surface area contributed by atoms with Gasteiger partial charge in [0.25, 0.3) is 0 Å². The molecule has 1 amide bonds. The molecule has 9 heavy (non-hydrogen) atoms. The average molecular weight is 146 g/mol. The molecular formula is C4H6N2O2S. The molecule has 0 aromatic carbocycles. The summed E-state index contributed by atoms with van der Waals surface area (Å²) in [6.45, 7) is 0. The van der Waals surface area contributed by atoms with E-state index < -0.39 is 16.7 Å². The van der Waals surface area contributed by atoms with Crippen LogP contribution in [0.4, 0.5) is 0 Å². The lowest BCUT2D eigenvalue weighted by molar-refractivity contribution is -0.115. The van der Waals surface area contributed by atoms with Crippen molar-refractivity contribution in [2.24, 2.45) is 5.73 Å². The summed E-state index contributed by atoms with van der Waals surface area (Å²) in [5, 5.41) is 7.95. The van der Waals surface area contributed by atoms with E-state index in [0.717, 1.165) is 0 Å². The van der Waals surface area contributed by atoms with Gasteiger partial charge in [-0.3, -0.25) is 9.00 Å². The summed E-state index contributed by atoms with van der Waals surface area (Å²) in [5.41, 5.74) is 4.68. The van der Waals surface area contributed by atoms with E-state index in [1.165, 1.54) is 0 Å². The van der Waals surface area contributed by atoms with Gasteiger partial charge in [0.15, 0.2) is 0 Å². The lowest BCUT2D eigenvalue weighted by atomic mass is 10.8. The molecule has 0 fully saturated rings. The number of carbonyl (C=O) groups excluding carboxylic acids is 1. The van der Waals surface area contributed by atoms with E-state index in [-0.39, 0.29) is 11.5 Å². The molecule has 0 aliphatic carbocycles. The molecule has 0 radical (unpaired) electrons. The molecule has 0 rings (SSSR count). The van der Waals surface area contributed by atoms with Crippen LogP contribution in [0.15, 0.2) is 0 Å². The first-order valence-corrected chi connectivity index (χ1v) is 3.66. The summed E-state index contributed by atoms with van der Waals surface area (Å²) in [6.07, 6.45) is 0. The molecule has 0 heterocycles. The van der Waals surface area contributed by atoms with Crippen molar-refractivity contribution in [3.8, 4) is 6.07 Å². The summed E-state index contributed by atoms with van der Waals surface area (Å²) < 4.78 is 10.4. The monoisotopic (exact) mass is 146 g/mol. The van der Waals surface area contributed by atoms with Crippen LogP contribution in [0.25, 0.3) is 0 Å². The van der Waals surface area contributed by atoms with E-state index in [0.29, 0.717) is 0 Å². The average Bonchev–Trinajstić information content (AvgIpc) is 1.63. The molecule has 0 saturated carbocycles. The smallest absolute Gasteiger partial charge is 0.230 e. The highest BCUT2D eigenvalue weighted by Crippen LogP contribution is 1.77. The molecule has 0 aromatic rings. The van der Waals surface area contributed by atoms with Crippen molar-refractivity contribution in [1.29, 1.82) is 5.26 Å². The Labute approximate surface area is 55.1 Å². The fourth-order valence-electron chi connectivity index (χ4n) is 0.282. The van der Waals surface area contributed by atoms with Gasteiger partial charge >= 0.3 is 0 Å². The molecule has 0 bridgehead atoms. The first-order chi connectivity index (χ1) is 4.16. The van der Waals surface area contributed by atoms with E-state index in [2.05, 4.69) is 5.73 Å². The van der Waals surface area contributed by atoms with E-state index in [9.17, 15) is 9.00 Å². The van der Waals surface area contributed by atoms with Crippen LogP contribution in [0, 0.1) is 11.3 Å². The molecule has 0 unspecified atom stereocenters. The lowest BCUT2D eigenvalue weighted by Crippen LogP contribution is -2.20. The molecule has 0 spiro atoms. The van der Waals surface area contributed by atoms with E-state index in [4.69, 9.17) is 5.26 Å². The van der Waals surface area contributed by atoms with Crippen LogP contribution in [0.5, 0.6) is 0 Å². The quantitative estimate of drug-likeness (QED) is 0.539. The van der Waals surface area contributed by atoms with Crippen LogP contribution in [0.3, 0.4) is 0 Å². The number of primary amides is 1. The molecule has 5 heteroatoms. The predicted molar refractivity (Wildman–Crippen MR) is 32.7 cm³/mol. The van der Waals surface area contributed by atoms with Crippen LogP contribution in [0.2, 0.25) is 0 Å². The highest BCUT2D eigenvalue weighted by molar-refractivity contribution is 7.85. The molecule has 0 aliphatic heterocycles. The van der Waals surface area contributed by atoms with Crippen molar-refractivity contribution < 1.29 is 9.00 Å². The Bertz CT molecular complexity index is 172. The van der Waals surface area contributed by atoms with Gasteiger partial charge in [0.2, 0.25) is 5.91 Å². The standard InChI is InChI=1S/C4H6N2O2S/c5-1-2-9(8)3-4(6)7/h2-3H2,(H2,6,7)/t9-/m0/s1. The van der Waals surface area contributed by atoms with Gasteiger partial charge in [0, 0.05) is 10.8 Å².